The fraction of sp³-hybridized carbons (Fsp3) is 0.385. The average molecular weight is 269 g/mol. The molecule has 4 nitrogen and oxygen atoms in total. The predicted octanol–water partition coefficient (Wildman–Crippen LogP) is 3.65. The SMILES string of the molecule is CCCNC(C)/C=C/c1ccc(Cl)c([N+](=O)[O-])c1. The lowest BCUT2D eigenvalue weighted by atomic mass is 10.1. The van der Waals surface area contributed by atoms with Crippen molar-refractivity contribution in [2.45, 2.75) is 26.3 Å². The molecule has 1 N–H and O–H groups in total. The largest absolute Gasteiger partial charge is 0.311 e. The highest BCUT2D eigenvalue weighted by molar-refractivity contribution is 6.32. The normalized spacial score (nSPS) is 12.8. The number of nitrogens with one attached hydrogen (secondary N) is 1. The van der Waals surface area contributed by atoms with Crippen LogP contribution in [-0.2, 0) is 0 Å². The van der Waals surface area contributed by atoms with Gasteiger partial charge in [-0.2, -0.15) is 0 Å². The van der Waals surface area contributed by atoms with Crippen LogP contribution < -0.4 is 5.32 Å². The second-order valence-electron chi connectivity index (χ2n) is 4.07. The maximum absolute atomic E-state index is 10.7. The molecule has 1 aromatic rings. The molecule has 18 heavy (non-hydrogen) atoms. The lowest BCUT2D eigenvalue weighted by Crippen LogP contribution is -2.24. The standard InChI is InChI=1S/C13H17ClN2O2/c1-3-8-15-10(2)4-5-11-6-7-12(14)13(9-11)16(17)18/h4-7,9-10,15H,3,8H2,1-2H3/b5-4+. The molecule has 0 saturated carbocycles. The summed E-state index contributed by atoms with van der Waals surface area (Å²) in [5.74, 6) is 0. The molecule has 1 atom stereocenters. The van der Waals surface area contributed by atoms with Gasteiger partial charge in [0.15, 0.2) is 0 Å². The second kappa shape index (κ2) is 7.13. The van der Waals surface area contributed by atoms with E-state index in [1.165, 1.54) is 6.07 Å². The van der Waals surface area contributed by atoms with E-state index in [1.54, 1.807) is 12.1 Å². The van der Waals surface area contributed by atoms with E-state index in [9.17, 15) is 10.1 Å². The molecule has 0 heterocycles. The van der Waals surface area contributed by atoms with Gasteiger partial charge in [0.2, 0.25) is 0 Å². The fourth-order valence-electron chi connectivity index (χ4n) is 1.47. The summed E-state index contributed by atoms with van der Waals surface area (Å²) in [4.78, 5) is 10.3. The smallest absolute Gasteiger partial charge is 0.288 e. The lowest BCUT2D eigenvalue weighted by Gasteiger charge is -2.07. The van der Waals surface area contributed by atoms with Gasteiger partial charge < -0.3 is 5.32 Å². The summed E-state index contributed by atoms with van der Waals surface area (Å²) in [6.07, 6.45) is 4.91. The Morgan fingerprint density at radius 2 is 2.28 bits per heavy atom. The van der Waals surface area contributed by atoms with Crippen LogP contribution in [-0.4, -0.2) is 17.5 Å². The highest BCUT2D eigenvalue weighted by Gasteiger charge is 2.11. The summed E-state index contributed by atoms with van der Waals surface area (Å²) in [5, 5.41) is 14.2. The number of hydrogen-bond donors (Lipinski definition) is 1. The molecule has 0 aliphatic heterocycles. The van der Waals surface area contributed by atoms with E-state index in [-0.39, 0.29) is 16.8 Å². The van der Waals surface area contributed by atoms with Crippen LogP contribution in [0.5, 0.6) is 0 Å². The van der Waals surface area contributed by atoms with Crippen LogP contribution in [0.3, 0.4) is 0 Å². The zero-order valence-corrected chi connectivity index (χ0v) is 11.3. The van der Waals surface area contributed by atoms with Crippen LogP contribution in [0.4, 0.5) is 5.69 Å². The number of rotatable bonds is 6. The third kappa shape index (κ3) is 4.47. The van der Waals surface area contributed by atoms with Crippen molar-refractivity contribution in [2.24, 2.45) is 0 Å². The van der Waals surface area contributed by atoms with Gasteiger partial charge >= 0.3 is 0 Å². The molecule has 0 fully saturated rings. The van der Waals surface area contributed by atoms with Crippen molar-refractivity contribution in [1.82, 2.24) is 5.32 Å². The monoisotopic (exact) mass is 268 g/mol. The molecule has 0 aliphatic rings. The zero-order valence-electron chi connectivity index (χ0n) is 10.5. The van der Waals surface area contributed by atoms with Gasteiger partial charge in [0.25, 0.3) is 5.69 Å². The number of benzene rings is 1. The zero-order chi connectivity index (χ0) is 13.5. The van der Waals surface area contributed by atoms with Crippen molar-refractivity contribution in [2.75, 3.05) is 6.54 Å². The molecule has 0 aromatic heterocycles. The molecule has 0 spiro atoms. The molecule has 0 amide bonds. The van der Waals surface area contributed by atoms with E-state index in [4.69, 9.17) is 11.6 Å². The molecular formula is C13H17ClN2O2. The second-order valence-corrected chi connectivity index (χ2v) is 4.48. The number of hydrogen-bond acceptors (Lipinski definition) is 3. The van der Waals surface area contributed by atoms with Crippen molar-refractivity contribution < 1.29 is 4.92 Å². The molecular weight excluding hydrogens is 252 g/mol. The van der Waals surface area contributed by atoms with Crippen LogP contribution >= 0.6 is 11.6 Å². The maximum atomic E-state index is 10.7. The summed E-state index contributed by atoms with van der Waals surface area (Å²) in [7, 11) is 0. The highest BCUT2D eigenvalue weighted by Crippen LogP contribution is 2.25. The summed E-state index contributed by atoms with van der Waals surface area (Å²) < 4.78 is 0. The third-order valence-electron chi connectivity index (χ3n) is 2.46. The van der Waals surface area contributed by atoms with Crippen molar-refractivity contribution >= 4 is 23.4 Å². The van der Waals surface area contributed by atoms with Crippen molar-refractivity contribution in [3.63, 3.8) is 0 Å². The molecule has 0 bridgehead atoms. The Kier molecular flexibility index (Phi) is 5.82. The van der Waals surface area contributed by atoms with Gasteiger partial charge in [-0.15, -0.1) is 0 Å². The Morgan fingerprint density at radius 3 is 2.89 bits per heavy atom. The van der Waals surface area contributed by atoms with Gasteiger partial charge in [-0.25, -0.2) is 0 Å². The van der Waals surface area contributed by atoms with Crippen molar-refractivity contribution in [3.8, 4) is 0 Å². The van der Waals surface area contributed by atoms with E-state index in [2.05, 4.69) is 12.2 Å². The minimum absolute atomic E-state index is 0.0620. The molecule has 1 rings (SSSR count). The Hall–Kier alpha value is -1.39. The van der Waals surface area contributed by atoms with Crippen LogP contribution in [0, 0.1) is 10.1 Å². The van der Waals surface area contributed by atoms with Gasteiger partial charge in [0.05, 0.1) is 4.92 Å². The lowest BCUT2D eigenvalue weighted by molar-refractivity contribution is -0.384. The van der Waals surface area contributed by atoms with E-state index in [0.29, 0.717) is 0 Å². The predicted molar refractivity (Wildman–Crippen MR) is 74.9 cm³/mol. The summed E-state index contributed by atoms with van der Waals surface area (Å²) in [5.41, 5.74) is 0.712. The number of nitro benzene ring substituents is 1. The van der Waals surface area contributed by atoms with Crippen molar-refractivity contribution in [1.29, 1.82) is 0 Å². The molecule has 1 unspecified atom stereocenters. The minimum Gasteiger partial charge on any atom is -0.311 e. The topological polar surface area (TPSA) is 55.2 Å². The summed E-state index contributed by atoms with van der Waals surface area (Å²) >= 11 is 5.74. The van der Waals surface area contributed by atoms with Crippen LogP contribution in [0.1, 0.15) is 25.8 Å². The van der Waals surface area contributed by atoms with Gasteiger partial charge in [-0.1, -0.05) is 36.7 Å². The van der Waals surface area contributed by atoms with E-state index < -0.39 is 4.92 Å². The first-order chi connectivity index (χ1) is 8.54. The van der Waals surface area contributed by atoms with E-state index >= 15 is 0 Å². The van der Waals surface area contributed by atoms with Gasteiger partial charge in [-0.05, 0) is 31.5 Å². The molecule has 0 aliphatic carbocycles. The van der Waals surface area contributed by atoms with E-state index in [1.807, 2.05) is 19.1 Å². The Bertz CT molecular complexity index is 447. The molecule has 98 valence electrons. The van der Waals surface area contributed by atoms with Gasteiger partial charge in [-0.3, -0.25) is 10.1 Å². The van der Waals surface area contributed by atoms with Gasteiger partial charge in [0, 0.05) is 12.1 Å². The highest BCUT2D eigenvalue weighted by atomic mass is 35.5. The Morgan fingerprint density at radius 1 is 1.56 bits per heavy atom. The molecule has 0 saturated heterocycles. The van der Waals surface area contributed by atoms with E-state index in [0.717, 1.165) is 18.5 Å². The number of halogens is 1. The molecule has 1 aromatic carbocycles. The summed E-state index contributed by atoms with van der Waals surface area (Å²) in [6.45, 7) is 5.09. The van der Waals surface area contributed by atoms with Crippen LogP contribution in [0.2, 0.25) is 5.02 Å². The summed E-state index contributed by atoms with van der Waals surface area (Å²) in [6, 6.07) is 5.02. The van der Waals surface area contributed by atoms with Crippen molar-refractivity contribution in [3.05, 3.63) is 45.0 Å². The van der Waals surface area contributed by atoms with Crippen LogP contribution in [0.25, 0.3) is 6.08 Å². The first kappa shape index (κ1) is 14.7. The molecule has 0 radical (unpaired) electrons. The average Bonchev–Trinajstić information content (AvgIpc) is 2.35. The molecule has 5 heteroatoms. The van der Waals surface area contributed by atoms with Crippen LogP contribution in [0.15, 0.2) is 24.3 Å². The Labute approximate surface area is 112 Å². The Balaban J connectivity index is 2.76. The first-order valence-corrected chi connectivity index (χ1v) is 6.28. The fourth-order valence-corrected chi connectivity index (χ4v) is 1.66. The maximum Gasteiger partial charge on any atom is 0.288 e. The first-order valence-electron chi connectivity index (χ1n) is 5.90. The third-order valence-corrected chi connectivity index (χ3v) is 2.78. The quantitative estimate of drug-likeness (QED) is 0.633. The number of nitrogens with zero attached hydrogens (tertiary/aromatic N) is 1. The van der Waals surface area contributed by atoms with Gasteiger partial charge in [0.1, 0.15) is 5.02 Å². The minimum atomic E-state index is -0.474. The number of nitro groups is 1.